The molecule has 3 N–H and O–H groups in total. The molecule has 0 unspecified atom stereocenters. The van der Waals surface area contributed by atoms with Gasteiger partial charge in [0.05, 0.1) is 10.6 Å². The fraction of sp³-hybridized carbons (Fsp3) is 0.333. The Bertz CT molecular complexity index is 512. The Balaban J connectivity index is 2.03. The molecular weight excluding hydrogens is 256 g/mol. The maximum atomic E-state index is 11.6. The van der Waals surface area contributed by atoms with Gasteiger partial charge in [0.15, 0.2) is 0 Å². The van der Waals surface area contributed by atoms with E-state index in [4.69, 9.17) is 16.7 Å². The Morgan fingerprint density at radius 1 is 1.39 bits per heavy atom. The van der Waals surface area contributed by atoms with Gasteiger partial charge < -0.3 is 15.7 Å². The van der Waals surface area contributed by atoms with Crippen LogP contribution in [0.4, 0.5) is 10.5 Å². The van der Waals surface area contributed by atoms with Crippen LogP contribution in [0.5, 0.6) is 0 Å². The van der Waals surface area contributed by atoms with E-state index in [1.54, 1.807) is 0 Å². The third-order valence-electron chi connectivity index (χ3n) is 2.87. The largest absolute Gasteiger partial charge is 0.478 e. The summed E-state index contributed by atoms with van der Waals surface area (Å²) in [6.07, 6.45) is 1.94. The molecule has 18 heavy (non-hydrogen) atoms. The molecule has 0 saturated heterocycles. The van der Waals surface area contributed by atoms with Crippen LogP contribution in [0, 0.1) is 0 Å². The van der Waals surface area contributed by atoms with Crippen LogP contribution in [0.1, 0.15) is 30.1 Å². The van der Waals surface area contributed by atoms with Crippen molar-refractivity contribution in [1.82, 2.24) is 5.32 Å². The Morgan fingerprint density at radius 3 is 2.56 bits per heavy atom. The van der Waals surface area contributed by atoms with Gasteiger partial charge in [-0.05, 0) is 38.0 Å². The minimum Gasteiger partial charge on any atom is -0.478 e. The molecule has 2 amide bonds. The highest BCUT2D eigenvalue weighted by Crippen LogP contribution is 2.34. The Morgan fingerprint density at radius 2 is 2.06 bits per heavy atom. The van der Waals surface area contributed by atoms with Crippen molar-refractivity contribution < 1.29 is 14.7 Å². The van der Waals surface area contributed by atoms with E-state index in [0.717, 1.165) is 12.8 Å². The van der Waals surface area contributed by atoms with Gasteiger partial charge in [-0.25, -0.2) is 9.59 Å². The summed E-state index contributed by atoms with van der Waals surface area (Å²) >= 11 is 5.80. The predicted octanol–water partition coefficient (Wildman–Crippen LogP) is 2.71. The molecule has 0 atom stereocenters. The standard InChI is InChI=1S/C12H13ClN2O3/c1-12(4-5-12)15-11(18)14-7-2-3-8(10(16)17)9(13)6-7/h2-3,6H,4-5H2,1H3,(H,16,17)(H2,14,15,18). The van der Waals surface area contributed by atoms with E-state index < -0.39 is 5.97 Å². The number of amides is 2. The molecule has 2 rings (SSSR count). The Hall–Kier alpha value is -1.75. The van der Waals surface area contributed by atoms with Gasteiger partial charge in [0.1, 0.15) is 0 Å². The number of benzene rings is 1. The summed E-state index contributed by atoms with van der Waals surface area (Å²) in [6.45, 7) is 1.97. The number of rotatable bonds is 3. The lowest BCUT2D eigenvalue weighted by Crippen LogP contribution is -2.37. The number of nitrogens with one attached hydrogen (secondary N) is 2. The number of hydrogen-bond acceptors (Lipinski definition) is 2. The van der Waals surface area contributed by atoms with Crippen LogP contribution in [0.15, 0.2) is 18.2 Å². The molecule has 0 aromatic heterocycles. The lowest BCUT2D eigenvalue weighted by Gasteiger charge is -2.13. The van der Waals surface area contributed by atoms with E-state index in [9.17, 15) is 9.59 Å². The van der Waals surface area contributed by atoms with Crippen molar-refractivity contribution in [3.63, 3.8) is 0 Å². The molecule has 0 aliphatic heterocycles. The van der Waals surface area contributed by atoms with Crippen LogP contribution in [0.25, 0.3) is 0 Å². The van der Waals surface area contributed by atoms with Crippen molar-refractivity contribution in [2.24, 2.45) is 0 Å². The fourth-order valence-corrected chi connectivity index (χ4v) is 1.78. The van der Waals surface area contributed by atoms with Crippen LogP contribution in [0.3, 0.4) is 0 Å². The number of carbonyl (C=O) groups is 2. The minimum absolute atomic E-state index is 0.0109. The van der Waals surface area contributed by atoms with Gasteiger partial charge in [0, 0.05) is 11.2 Å². The molecule has 1 aliphatic carbocycles. The maximum absolute atomic E-state index is 11.6. The molecule has 1 aliphatic rings. The van der Waals surface area contributed by atoms with E-state index >= 15 is 0 Å². The van der Waals surface area contributed by atoms with Gasteiger partial charge in [-0.2, -0.15) is 0 Å². The van der Waals surface area contributed by atoms with Gasteiger partial charge in [0.2, 0.25) is 0 Å². The van der Waals surface area contributed by atoms with E-state index in [2.05, 4.69) is 10.6 Å². The van der Waals surface area contributed by atoms with Crippen molar-refractivity contribution in [2.45, 2.75) is 25.3 Å². The quantitative estimate of drug-likeness (QED) is 0.789. The monoisotopic (exact) mass is 268 g/mol. The van der Waals surface area contributed by atoms with Crippen LogP contribution in [-0.4, -0.2) is 22.6 Å². The smallest absolute Gasteiger partial charge is 0.337 e. The van der Waals surface area contributed by atoms with Crippen LogP contribution < -0.4 is 10.6 Å². The molecular formula is C12H13ClN2O3. The average Bonchev–Trinajstić information content (AvgIpc) is 2.94. The lowest BCUT2D eigenvalue weighted by molar-refractivity contribution is 0.0697. The molecule has 1 aromatic carbocycles. The maximum Gasteiger partial charge on any atom is 0.337 e. The molecule has 1 fully saturated rings. The summed E-state index contributed by atoms with van der Waals surface area (Å²) in [4.78, 5) is 22.4. The van der Waals surface area contributed by atoms with Gasteiger partial charge in [-0.1, -0.05) is 11.6 Å². The topological polar surface area (TPSA) is 78.4 Å². The fourth-order valence-electron chi connectivity index (χ4n) is 1.52. The number of carbonyl (C=O) groups excluding carboxylic acids is 1. The minimum atomic E-state index is -1.10. The Kier molecular flexibility index (Phi) is 3.17. The second-order valence-corrected chi connectivity index (χ2v) is 5.05. The summed E-state index contributed by atoms with van der Waals surface area (Å²) in [5.74, 6) is -1.10. The van der Waals surface area contributed by atoms with Crippen molar-refractivity contribution >= 4 is 29.3 Å². The molecule has 1 aromatic rings. The first-order valence-corrected chi connectivity index (χ1v) is 5.89. The number of urea groups is 1. The molecule has 0 radical (unpaired) electrons. The first-order chi connectivity index (χ1) is 8.39. The molecule has 96 valence electrons. The van der Waals surface area contributed by atoms with Crippen LogP contribution in [0.2, 0.25) is 5.02 Å². The number of hydrogen-bond donors (Lipinski definition) is 3. The summed E-state index contributed by atoms with van der Waals surface area (Å²) in [5, 5.41) is 14.4. The highest BCUT2D eigenvalue weighted by atomic mass is 35.5. The average molecular weight is 269 g/mol. The van der Waals surface area contributed by atoms with E-state index in [-0.39, 0.29) is 22.2 Å². The highest BCUT2D eigenvalue weighted by molar-refractivity contribution is 6.33. The zero-order valence-electron chi connectivity index (χ0n) is 9.79. The Labute approximate surface area is 109 Å². The highest BCUT2D eigenvalue weighted by Gasteiger charge is 2.38. The first-order valence-electron chi connectivity index (χ1n) is 5.52. The lowest BCUT2D eigenvalue weighted by atomic mass is 10.2. The third-order valence-corrected chi connectivity index (χ3v) is 3.19. The molecule has 6 heteroatoms. The summed E-state index contributed by atoms with van der Waals surface area (Å²) in [7, 11) is 0. The second kappa shape index (κ2) is 4.49. The zero-order valence-corrected chi connectivity index (χ0v) is 10.5. The van der Waals surface area contributed by atoms with Gasteiger partial charge >= 0.3 is 12.0 Å². The van der Waals surface area contributed by atoms with Gasteiger partial charge in [-0.15, -0.1) is 0 Å². The second-order valence-electron chi connectivity index (χ2n) is 4.64. The van der Waals surface area contributed by atoms with E-state index in [0.29, 0.717) is 5.69 Å². The third kappa shape index (κ3) is 2.92. The van der Waals surface area contributed by atoms with E-state index in [1.807, 2.05) is 6.92 Å². The van der Waals surface area contributed by atoms with E-state index in [1.165, 1.54) is 18.2 Å². The van der Waals surface area contributed by atoms with Crippen molar-refractivity contribution in [1.29, 1.82) is 0 Å². The molecule has 1 saturated carbocycles. The predicted molar refractivity (Wildman–Crippen MR) is 68.2 cm³/mol. The van der Waals surface area contributed by atoms with Crippen LogP contribution >= 0.6 is 11.6 Å². The zero-order chi connectivity index (χ0) is 13.3. The number of anilines is 1. The van der Waals surface area contributed by atoms with Crippen LogP contribution in [-0.2, 0) is 0 Å². The number of halogens is 1. The molecule has 0 bridgehead atoms. The van der Waals surface area contributed by atoms with Crippen molar-refractivity contribution in [2.75, 3.05) is 5.32 Å². The first kappa shape index (κ1) is 12.7. The normalized spacial score (nSPS) is 15.9. The molecule has 0 heterocycles. The summed E-state index contributed by atoms with van der Waals surface area (Å²) < 4.78 is 0. The van der Waals surface area contributed by atoms with Gasteiger partial charge in [0.25, 0.3) is 0 Å². The number of carboxylic acid groups (broad SMARTS) is 1. The molecule has 5 nitrogen and oxygen atoms in total. The number of carboxylic acids is 1. The SMILES string of the molecule is CC1(NC(=O)Nc2ccc(C(=O)O)c(Cl)c2)CC1. The molecule has 0 spiro atoms. The van der Waals surface area contributed by atoms with Crippen molar-refractivity contribution in [3.8, 4) is 0 Å². The number of aromatic carboxylic acids is 1. The van der Waals surface area contributed by atoms with Crippen molar-refractivity contribution in [3.05, 3.63) is 28.8 Å². The summed E-state index contributed by atoms with van der Waals surface area (Å²) in [5.41, 5.74) is 0.373. The van der Waals surface area contributed by atoms with Gasteiger partial charge in [-0.3, -0.25) is 0 Å². The summed E-state index contributed by atoms with van der Waals surface area (Å²) in [6, 6.07) is 3.97.